The molecule has 0 saturated carbocycles. The third-order valence-corrected chi connectivity index (χ3v) is 6.77. The molecule has 0 unspecified atom stereocenters. The zero-order valence-electron chi connectivity index (χ0n) is 18.3. The highest BCUT2D eigenvalue weighted by Gasteiger charge is 2.31. The molecule has 0 radical (unpaired) electrons. The number of benzene rings is 4. The maximum Gasteiger partial charge on any atom is 0.416 e. The Morgan fingerprint density at radius 2 is 1.51 bits per heavy atom. The minimum Gasteiger partial charge on any atom is -0.352 e. The molecule has 0 fully saturated rings. The number of carbonyl (C=O) groups excluding carboxylic acids is 1. The van der Waals surface area contributed by atoms with Crippen molar-refractivity contribution in [3.05, 3.63) is 108 Å². The first kappa shape index (κ1) is 24.3. The summed E-state index contributed by atoms with van der Waals surface area (Å²) in [7, 11) is -4.19. The van der Waals surface area contributed by atoms with E-state index in [0.717, 1.165) is 34.5 Å². The molecule has 4 aromatic rings. The summed E-state index contributed by atoms with van der Waals surface area (Å²) in [5, 5.41) is 4.89. The van der Waals surface area contributed by atoms with Gasteiger partial charge in [0.2, 0.25) is 0 Å². The lowest BCUT2D eigenvalue weighted by atomic mass is 10.1. The predicted octanol–water partition coefficient (Wildman–Crippen LogP) is 5.63. The Labute approximate surface area is 200 Å². The van der Waals surface area contributed by atoms with Crippen LogP contribution in [0.1, 0.15) is 21.5 Å². The first-order valence-corrected chi connectivity index (χ1v) is 12.2. The molecule has 0 aliphatic heterocycles. The van der Waals surface area contributed by atoms with E-state index in [1.54, 1.807) is 18.2 Å². The molecule has 0 aliphatic carbocycles. The van der Waals surface area contributed by atoms with E-state index in [-0.39, 0.29) is 11.6 Å². The van der Waals surface area contributed by atoms with Crippen molar-refractivity contribution >= 4 is 32.4 Å². The van der Waals surface area contributed by atoms with Gasteiger partial charge < -0.3 is 5.32 Å². The largest absolute Gasteiger partial charge is 0.416 e. The summed E-state index contributed by atoms with van der Waals surface area (Å²) in [4.78, 5) is 12.0. The quantitative estimate of drug-likeness (QED) is 0.347. The average molecular weight is 499 g/mol. The number of hydrogen-bond acceptors (Lipinski definition) is 3. The van der Waals surface area contributed by atoms with Crippen LogP contribution in [-0.2, 0) is 22.6 Å². The Morgan fingerprint density at radius 1 is 0.800 bits per heavy atom. The lowest BCUT2D eigenvalue weighted by Crippen LogP contribution is -2.25. The molecule has 4 aromatic carbocycles. The number of alkyl halides is 3. The van der Waals surface area contributed by atoms with Crippen LogP contribution in [-0.4, -0.2) is 20.9 Å². The van der Waals surface area contributed by atoms with Crippen molar-refractivity contribution in [3.63, 3.8) is 0 Å². The third-order valence-electron chi connectivity index (χ3n) is 5.39. The van der Waals surface area contributed by atoms with Crippen molar-refractivity contribution in [1.82, 2.24) is 5.32 Å². The number of rotatable bonds is 7. The topological polar surface area (TPSA) is 75.3 Å². The summed E-state index contributed by atoms with van der Waals surface area (Å²) >= 11 is 0. The van der Waals surface area contributed by atoms with Crippen molar-refractivity contribution in [3.8, 4) is 0 Å². The SMILES string of the molecule is O=C(NCCc1ccc(NS(=O)(=O)c2cccc(C(F)(F)F)c2)cc1)c1ccc2ccccc2c1. The van der Waals surface area contributed by atoms with Gasteiger partial charge in [-0.05, 0) is 65.2 Å². The standard InChI is InChI=1S/C26H21F3N2O3S/c27-26(28,29)22-6-3-7-24(17-22)35(33,34)31-23-12-8-18(9-13-23)14-15-30-25(32)21-11-10-19-4-1-2-5-20(19)16-21/h1-13,16-17,31H,14-15H2,(H,30,32). The maximum absolute atomic E-state index is 12.9. The van der Waals surface area contributed by atoms with Crippen molar-refractivity contribution in [2.24, 2.45) is 0 Å². The van der Waals surface area contributed by atoms with Gasteiger partial charge in [-0.15, -0.1) is 0 Å². The van der Waals surface area contributed by atoms with Crippen LogP contribution in [0.3, 0.4) is 0 Å². The summed E-state index contributed by atoms with van der Waals surface area (Å²) in [6, 6.07) is 23.2. The average Bonchev–Trinajstić information content (AvgIpc) is 2.84. The fourth-order valence-corrected chi connectivity index (χ4v) is 4.65. The van der Waals surface area contributed by atoms with Gasteiger partial charge in [0, 0.05) is 17.8 Å². The van der Waals surface area contributed by atoms with Gasteiger partial charge in [-0.1, -0.05) is 48.5 Å². The van der Waals surface area contributed by atoms with Crippen molar-refractivity contribution in [1.29, 1.82) is 0 Å². The zero-order valence-corrected chi connectivity index (χ0v) is 19.2. The van der Waals surface area contributed by atoms with E-state index in [0.29, 0.717) is 24.6 Å². The molecule has 0 heterocycles. The molecule has 0 atom stereocenters. The Balaban J connectivity index is 1.34. The first-order valence-electron chi connectivity index (χ1n) is 10.7. The molecule has 9 heteroatoms. The van der Waals surface area contributed by atoms with Crippen LogP contribution in [0.2, 0.25) is 0 Å². The number of sulfonamides is 1. The predicted molar refractivity (Wildman–Crippen MR) is 129 cm³/mol. The second kappa shape index (κ2) is 9.79. The number of amides is 1. The Kier molecular flexibility index (Phi) is 6.79. The van der Waals surface area contributed by atoms with Crippen LogP contribution in [0.4, 0.5) is 18.9 Å². The van der Waals surface area contributed by atoms with E-state index in [4.69, 9.17) is 0 Å². The molecule has 0 aliphatic rings. The highest BCUT2D eigenvalue weighted by Crippen LogP contribution is 2.31. The molecule has 180 valence electrons. The molecule has 0 aromatic heterocycles. The Hall–Kier alpha value is -3.85. The molecule has 0 bridgehead atoms. The van der Waals surface area contributed by atoms with Gasteiger partial charge in [0.15, 0.2) is 0 Å². The van der Waals surface area contributed by atoms with E-state index < -0.39 is 26.7 Å². The van der Waals surface area contributed by atoms with Crippen LogP contribution in [0.25, 0.3) is 10.8 Å². The molecule has 1 amide bonds. The van der Waals surface area contributed by atoms with Crippen LogP contribution >= 0.6 is 0 Å². The van der Waals surface area contributed by atoms with Crippen molar-refractivity contribution < 1.29 is 26.4 Å². The lowest BCUT2D eigenvalue weighted by Gasteiger charge is -2.11. The fraction of sp³-hybridized carbons (Fsp3) is 0.115. The van der Waals surface area contributed by atoms with Gasteiger partial charge in [-0.3, -0.25) is 9.52 Å². The molecule has 2 N–H and O–H groups in total. The molecular weight excluding hydrogens is 477 g/mol. The second-order valence-corrected chi connectivity index (χ2v) is 9.58. The van der Waals surface area contributed by atoms with Gasteiger partial charge in [0.1, 0.15) is 0 Å². The summed E-state index contributed by atoms with van der Waals surface area (Å²) in [5.74, 6) is -0.193. The van der Waals surface area contributed by atoms with E-state index in [1.165, 1.54) is 12.1 Å². The summed E-state index contributed by atoms with van der Waals surface area (Å²) in [6.07, 6.45) is -4.13. The Bertz CT molecular complexity index is 1470. The molecule has 35 heavy (non-hydrogen) atoms. The van der Waals surface area contributed by atoms with E-state index in [9.17, 15) is 26.4 Å². The van der Waals surface area contributed by atoms with E-state index in [2.05, 4.69) is 10.0 Å². The maximum atomic E-state index is 12.9. The van der Waals surface area contributed by atoms with Crippen LogP contribution in [0.15, 0.2) is 95.9 Å². The molecule has 4 rings (SSSR count). The van der Waals surface area contributed by atoms with Crippen LogP contribution in [0, 0.1) is 0 Å². The number of halogens is 3. The molecule has 0 saturated heterocycles. The number of hydrogen-bond donors (Lipinski definition) is 2. The van der Waals surface area contributed by atoms with Crippen molar-refractivity contribution in [2.75, 3.05) is 11.3 Å². The Morgan fingerprint density at radius 3 is 2.23 bits per heavy atom. The fourth-order valence-electron chi connectivity index (χ4n) is 3.55. The van der Waals surface area contributed by atoms with Crippen LogP contribution < -0.4 is 10.0 Å². The van der Waals surface area contributed by atoms with E-state index >= 15 is 0 Å². The molecule has 0 spiro atoms. The monoisotopic (exact) mass is 498 g/mol. The van der Waals surface area contributed by atoms with Gasteiger partial charge in [0.25, 0.3) is 15.9 Å². The minimum absolute atomic E-state index is 0.193. The zero-order chi connectivity index (χ0) is 25.1. The second-order valence-electron chi connectivity index (χ2n) is 7.90. The first-order chi connectivity index (χ1) is 16.6. The highest BCUT2D eigenvalue weighted by atomic mass is 32.2. The minimum atomic E-state index is -4.64. The summed E-state index contributed by atoms with van der Waals surface area (Å²) < 4.78 is 66.0. The summed E-state index contributed by atoms with van der Waals surface area (Å²) in [5.41, 5.74) is 0.585. The highest BCUT2D eigenvalue weighted by molar-refractivity contribution is 7.92. The normalized spacial score (nSPS) is 11.9. The third kappa shape index (κ3) is 5.99. The molecule has 5 nitrogen and oxygen atoms in total. The van der Waals surface area contributed by atoms with Gasteiger partial charge in [0.05, 0.1) is 10.5 Å². The summed E-state index contributed by atoms with van der Waals surface area (Å²) in [6.45, 7) is 0.376. The number of fused-ring (bicyclic) bond motifs is 1. The van der Waals surface area contributed by atoms with Crippen LogP contribution in [0.5, 0.6) is 0 Å². The van der Waals surface area contributed by atoms with E-state index in [1.807, 2.05) is 36.4 Å². The van der Waals surface area contributed by atoms with Gasteiger partial charge in [-0.2, -0.15) is 13.2 Å². The smallest absolute Gasteiger partial charge is 0.352 e. The number of anilines is 1. The molecular formula is C26H21F3N2O3S. The van der Waals surface area contributed by atoms with Gasteiger partial charge >= 0.3 is 6.18 Å². The van der Waals surface area contributed by atoms with Crippen molar-refractivity contribution in [2.45, 2.75) is 17.5 Å². The van der Waals surface area contributed by atoms with Gasteiger partial charge in [-0.25, -0.2) is 8.42 Å². The lowest BCUT2D eigenvalue weighted by molar-refractivity contribution is -0.137. The number of nitrogens with one attached hydrogen (secondary N) is 2. The number of carbonyl (C=O) groups is 1.